The Morgan fingerprint density at radius 1 is 1.20 bits per heavy atom. The number of sulfone groups is 1. The van der Waals surface area contributed by atoms with Gasteiger partial charge < -0.3 is 19.4 Å². The number of hydrogen-bond donors (Lipinski definition) is 1. The van der Waals surface area contributed by atoms with Crippen LogP contribution in [0, 0.1) is 5.92 Å². The third-order valence-electron chi connectivity index (χ3n) is 5.94. The molecule has 1 aliphatic heterocycles. The molecule has 190 valence electrons. The lowest BCUT2D eigenvalue weighted by Crippen LogP contribution is -2.57. The number of imide groups is 1. The van der Waals surface area contributed by atoms with Crippen LogP contribution in [0.15, 0.2) is 28.7 Å². The molecule has 0 bridgehead atoms. The average molecular weight is 507 g/mol. The molecule has 2 heterocycles. The van der Waals surface area contributed by atoms with E-state index in [-0.39, 0.29) is 24.1 Å². The first-order chi connectivity index (χ1) is 16.8. The molecule has 1 N–H and O–H groups in total. The standard InChI is InChI=1S/C23H30N4O7S/c1-2-9-27(22(29)20-24-17-5-3-4-6-19(17)34-20)21(28)18(15-35(31,32)14-16-7-8-16)25-23(30)26-10-12-33-13-11-26/h3-6,16,18H,2,7-15H2,1H3,(H,25,30). The number of urea groups is 1. The van der Waals surface area contributed by atoms with Gasteiger partial charge in [0.1, 0.15) is 11.6 Å². The molecule has 1 aromatic carbocycles. The summed E-state index contributed by atoms with van der Waals surface area (Å²) in [5.74, 6) is -2.40. The summed E-state index contributed by atoms with van der Waals surface area (Å²) in [5.41, 5.74) is 0.854. The molecule has 4 rings (SSSR count). The number of morpholine rings is 1. The molecule has 35 heavy (non-hydrogen) atoms. The van der Waals surface area contributed by atoms with Crippen molar-refractivity contribution in [2.75, 3.05) is 44.4 Å². The van der Waals surface area contributed by atoms with Gasteiger partial charge in [-0.2, -0.15) is 0 Å². The quantitative estimate of drug-likeness (QED) is 0.539. The number of rotatable bonds is 9. The van der Waals surface area contributed by atoms with Crippen molar-refractivity contribution in [3.63, 3.8) is 0 Å². The number of amides is 4. The summed E-state index contributed by atoms with van der Waals surface area (Å²) < 4.78 is 36.4. The molecule has 1 saturated heterocycles. The van der Waals surface area contributed by atoms with E-state index >= 15 is 0 Å². The number of benzene rings is 1. The van der Waals surface area contributed by atoms with Crippen LogP contribution in [0.5, 0.6) is 0 Å². The molecule has 4 amide bonds. The van der Waals surface area contributed by atoms with Gasteiger partial charge in [0.15, 0.2) is 15.4 Å². The van der Waals surface area contributed by atoms with Crippen molar-refractivity contribution in [2.45, 2.75) is 32.2 Å². The van der Waals surface area contributed by atoms with Gasteiger partial charge in [-0.25, -0.2) is 18.2 Å². The number of hydrogen-bond acceptors (Lipinski definition) is 8. The topological polar surface area (TPSA) is 139 Å². The third kappa shape index (κ3) is 6.37. The zero-order chi connectivity index (χ0) is 25.0. The first-order valence-corrected chi connectivity index (χ1v) is 13.6. The largest absolute Gasteiger partial charge is 0.432 e. The van der Waals surface area contributed by atoms with Gasteiger partial charge in [-0.3, -0.25) is 14.5 Å². The number of para-hydroxylation sites is 2. The zero-order valence-corrected chi connectivity index (χ0v) is 20.5. The molecule has 1 atom stereocenters. The number of oxazole rings is 1. The Bertz CT molecular complexity index is 1150. The van der Waals surface area contributed by atoms with Crippen molar-refractivity contribution < 1.29 is 32.0 Å². The van der Waals surface area contributed by atoms with Crippen LogP contribution in [0.4, 0.5) is 4.79 Å². The van der Waals surface area contributed by atoms with Gasteiger partial charge in [-0.05, 0) is 37.3 Å². The van der Waals surface area contributed by atoms with Crippen molar-refractivity contribution in [1.29, 1.82) is 0 Å². The molecular weight excluding hydrogens is 476 g/mol. The lowest BCUT2D eigenvalue weighted by Gasteiger charge is -2.30. The van der Waals surface area contributed by atoms with Crippen molar-refractivity contribution in [3.8, 4) is 0 Å². The number of nitrogens with zero attached hydrogens (tertiary/aromatic N) is 3. The number of nitrogens with one attached hydrogen (secondary N) is 1. The number of fused-ring (bicyclic) bond motifs is 1. The Kier molecular flexibility index (Phi) is 7.70. The lowest BCUT2D eigenvalue weighted by molar-refractivity contribution is -0.130. The van der Waals surface area contributed by atoms with Crippen LogP contribution < -0.4 is 5.32 Å². The van der Waals surface area contributed by atoms with Gasteiger partial charge in [-0.1, -0.05) is 19.1 Å². The fourth-order valence-electron chi connectivity index (χ4n) is 3.95. The molecular formula is C23H30N4O7S. The van der Waals surface area contributed by atoms with E-state index in [1.54, 1.807) is 31.2 Å². The predicted octanol–water partition coefficient (Wildman–Crippen LogP) is 1.44. The second-order valence-corrected chi connectivity index (χ2v) is 11.1. The first-order valence-electron chi connectivity index (χ1n) is 11.8. The van der Waals surface area contributed by atoms with E-state index in [9.17, 15) is 22.8 Å². The summed E-state index contributed by atoms with van der Waals surface area (Å²) >= 11 is 0. The van der Waals surface area contributed by atoms with Crippen LogP contribution in [0.3, 0.4) is 0 Å². The van der Waals surface area contributed by atoms with E-state index in [2.05, 4.69) is 10.3 Å². The normalized spacial score (nSPS) is 17.2. The van der Waals surface area contributed by atoms with Crippen LogP contribution in [0.2, 0.25) is 0 Å². The highest BCUT2D eigenvalue weighted by Crippen LogP contribution is 2.30. The van der Waals surface area contributed by atoms with E-state index in [0.717, 1.165) is 17.7 Å². The number of carbonyl (C=O) groups is 3. The number of aromatic nitrogens is 1. The lowest BCUT2D eigenvalue weighted by atomic mass is 10.2. The average Bonchev–Trinajstić information content (AvgIpc) is 3.54. The van der Waals surface area contributed by atoms with Gasteiger partial charge >= 0.3 is 11.9 Å². The van der Waals surface area contributed by atoms with E-state index in [0.29, 0.717) is 43.8 Å². The molecule has 1 saturated carbocycles. The number of ether oxygens (including phenoxy) is 1. The smallest absolute Gasteiger partial charge is 0.318 e. The Morgan fingerprint density at radius 2 is 1.91 bits per heavy atom. The maximum Gasteiger partial charge on any atom is 0.318 e. The molecule has 2 aromatic rings. The van der Waals surface area contributed by atoms with Gasteiger partial charge in [0, 0.05) is 19.6 Å². The number of carbonyl (C=O) groups excluding carboxylic acids is 3. The Labute approximate surface area is 203 Å². The SMILES string of the molecule is CCCN(C(=O)c1nc2ccccc2o1)C(=O)C(CS(=O)(=O)CC1CC1)NC(=O)N1CCOCC1. The summed E-state index contributed by atoms with van der Waals surface area (Å²) in [6, 6.07) is 4.82. The van der Waals surface area contributed by atoms with Crippen LogP contribution in [0.1, 0.15) is 36.9 Å². The van der Waals surface area contributed by atoms with Crippen molar-refractivity contribution in [3.05, 3.63) is 30.2 Å². The molecule has 11 nitrogen and oxygen atoms in total. The maximum absolute atomic E-state index is 13.6. The Hall–Kier alpha value is -2.99. The fraction of sp³-hybridized carbons (Fsp3) is 0.565. The summed E-state index contributed by atoms with van der Waals surface area (Å²) in [7, 11) is -3.65. The minimum Gasteiger partial charge on any atom is -0.432 e. The van der Waals surface area contributed by atoms with E-state index in [4.69, 9.17) is 9.15 Å². The highest BCUT2D eigenvalue weighted by Gasteiger charge is 2.38. The molecule has 2 aliphatic rings. The second kappa shape index (κ2) is 10.7. The zero-order valence-electron chi connectivity index (χ0n) is 19.6. The van der Waals surface area contributed by atoms with Crippen molar-refractivity contribution in [1.82, 2.24) is 20.1 Å². The summed E-state index contributed by atoms with van der Waals surface area (Å²) in [6.45, 7) is 3.15. The van der Waals surface area contributed by atoms with Crippen LogP contribution in [-0.4, -0.2) is 91.4 Å². The van der Waals surface area contributed by atoms with Gasteiger partial charge in [-0.15, -0.1) is 0 Å². The molecule has 0 radical (unpaired) electrons. The Morgan fingerprint density at radius 3 is 2.57 bits per heavy atom. The second-order valence-electron chi connectivity index (χ2n) is 8.90. The Balaban J connectivity index is 1.58. The molecule has 2 fully saturated rings. The van der Waals surface area contributed by atoms with Gasteiger partial charge in [0.2, 0.25) is 0 Å². The van der Waals surface area contributed by atoms with Gasteiger partial charge in [0.05, 0.1) is 24.7 Å². The molecule has 12 heteroatoms. The summed E-state index contributed by atoms with van der Waals surface area (Å²) in [6.07, 6.45) is 2.09. The maximum atomic E-state index is 13.6. The van der Waals surface area contributed by atoms with Crippen LogP contribution >= 0.6 is 0 Å². The molecule has 1 unspecified atom stereocenters. The first kappa shape index (κ1) is 25.1. The summed E-state index contributed by atoms with van der Waals surface area (Å²) in [5, 5.41) is 2.57. The minimum atomic E-state index is -3.65. The highest BCUT2D eigenvalue weighted by atomic mass is 32.2. The van der Waals surface area contributed by atoms with Crippen LogP contribution in [-0.2, 0) is 19.4 Å². The molecule has 1 aliphatic carbocycles. The third-order valence-corrected chi connectivity index (χ3v) is 7.76. The predicted molar refractivity (Wildman–Crippen MR) is 126 cm³/mol. The van der Waals surface area contributed by atoms with E-state index in [1.807, 2.05) is 0 Å². The highest BCUT2D eigenvalue weighted by molar-refractivity contribution is 7.91. The summed E-state index contributed by atoms with van der Waals surface area (Å²) in [4.78, 5) is 46.2. The van der Waals surface area contributed by atoms with Crippen LogP contribution in [0.25, 0.3) is 11.1 Å². The van der Waals surface area contributed by atoms with E-state index < -0.39 is 39.5 Å². The molecule has 0 spiro atoms. The monoisotopic (exact) mass is 506 g/mol. The minimum absolute atomic E-state index is 0.0169. The van der Waals surface area contributed by atoms with E-state index in [1.165, 1.54) is 4.90 Å². The fourth-order valence-corrected chi connectivity index (χ4v) is 5.87. The van der Waals surface area contributed by atoms with Gasteiger partial charge in [0.25, 0.3) is 11.8 Å². The molecule has 1 aromatic heterocycles. The van der Waals surface area contributed by atoms with Crippen molar-refractivity contribution >= 4 is 38.8 Å². The van der Waals surface area contributed by atoms with Crippen molar-refractivity contribution in [2.24, 2.45) is 5.92 Å².